The van der Waals surface area contributed by atoms with E-state index in [1.54, 1.807) is 52.0 Å². The minimum Gasteiger partial charge on any atom is -0.466 e. The van der Waals surface area contributed by atoms with Gasteiger partial charge in [-0.15, -0.1) is 0 Å². The summed E-state index contributed by atoms with van der Waals surface area (Å²) in [6.45, 7) is 9.32. The predicted octanol–water partition coefficient (Wildman–Crippen LogP) is 7.54. The smallest absolute Gasteiger partial charge is 0.412 e. The van der Waals surface area contributed by atoms with Crippen LogP contribution in [0, 0.1) is 5.92 Å². The summed E-state index contributed by atoms with van der Waals surface area (Å²) in [5, 5.41) is 7.34. The number of carbonyl (C=O) groups excluding carboxylic acids is 4. The summed E-state index contributed by atoms with van der Waals surface area (Å²) in [6, 6.07) is 8.96. The van der Waals surface area contributed by atoms with Crippen molar-refractivity contribution in [1.29, 1.82) is 0 Å². The number of hydrogen-bond donors (Lipinski definition) is 3. The van der Waals surface area contributed by atoms with E-state index in [2.05, 4.69) is 15.6 Å². The average molecular weight is 640 g/mol. The number of aromatic nitrogens is 1. The van der Waals surface area contributed by atoms with Gasteiger partial charge < -0.3 is 24.5 Å². The second-order valence-electron chi connectivity index (χ2n) is 12.3. The van der Waals surface area contributed by atoms with Gasteiger partial charge in [-0.3, -0.25) is 14.9 Å². The number of aromatic amines is 1. The number of benzene rings is 2. The molecule has 0 spiro atoms. The number of H-pyrrole nitrogens is 1. The van der Waals surface area contributed by atoms with Crippen molar-refractivity contribution in [1.82, 2.24) is 4.98 Å². The van der Waals surface area contributed by atoms with Gasteiger partial charge in [-0.2, -0.15) is 0 Å². The predicted molar refractivity (Wildman–Crippen MR) is 174 cm³/mol. The second-order valence-corrected chi connectivity index (χ2v) is 12.8. The number of rotatable bonds is 11. The third kappa shape index (κ3) is 8.36. The van der Waals surface area contributed by atoms with Crippen LogP contribution in [-0.2, 0) is 36.6 Å². The summed E-state index contributed by atoms with van der Waals surface area (Å²) in [4.78, 5) is 54.1. The molecule has 2 amide bonds. The number of carbonyl (C=O) groups is 4. The lowest BCUT2D eigenvalue weighted by Crippen LogP contribution is -2.29. The van der Waals surface area contributed by atoms with Crippen molar-refractivity contribution in [3.05, 3.63) is 57.7 Å². The van der Waals surface area contributed by atoms with Crippen LogP contribution in [-0.4, -0.2) is 48.2 Å². The van der Waals surface area contributed by atoms with Gasteiger partial charge in [0.25, 0.3) is 0 Å². The quantitative estimate of drug-likeness (QED) is 0.112. The molecule has 0 aliphatic heterocycles. The van der Waals surface area contributed by atoms with Crippen LogP contribution in [0.15, 0.2) is 30.3 Å². The monoisotopic (exact) mass is 639 g/mol. The molecule has 0 saturated heterocycles. The maximum absolute atomic E-state index is 13.8. The molecular formula is C34H42ClN3O7. The van der Waals surface area contributed by atoms with E-state index >= 15 is 0 Å². The first-order valence-corrected chi connectivity index (χ1v) is 15.7. The topological polar surface area (TPSA) is 136 Å². The molecule has 2 aromatic carbocycles. The number of amides is 2. The van der Waals surface area contributed by atoms with E-state index in [0.717, 1.165) is 27.6 Å². The van der Waals surface area contributed by atoms with Gasteiger partial charge in [-0.25, -0.2) is 9.59 Å². The van der Waals surface area contributed by atoms with Gasteiger partial charge in [0.2, 0.25) is 5.91 Å². The Morgan fingerprint density at radius 1 is 1.09 bits per heavy atom. The van der Waals surface area contributed by atoms with Crippen LogP contribution in [0.4, 0.5) is 16.2 Å². The highest BCUT2D eigenvalue weighted by atomic mass is 35.5. The van der Waals surface area contributed by atoms with Crippen LogP contribution in [0.3, 0.4) is 0 Å². The molecule has 1 aromatic heterocycles. The molecule has 10 nitrogen and oxygen atoms in total. The highest BCUT2D eigenvalue weighted by Gasteiger charge is 2.36. The number of esters is 2. The zero-order valence-electron chi connectivity index (χ0n) is 26.7. The normalized spacial score (nSPS) is 14.9. The van der Waals surface area contributed by atoms with E-state index in [1.807, 2.05) is 13.0 Å². The molecule has 242 valence electrons. The van der Waals surface area contributed by atoms with Gasteiger partial charge in [-0.1, -0.05) is 18.5 Å². The van der Waals surface area contributed by atoms with Crippen molar-refractivity contribution in [2.45, 2.75) is 84.7 Å². The number of aryl methyl sites for hydroxylation is 2. The van der Waals surface area contributed by atoms with Gasteiger partial charge in [0.1, 0.15) is 11.3 Å². The summed E-state index contributed by atoms with van der Waals surface area (Å²) < 4.78 is 15.5. The second kappa shape index (κ2) is 14.4. The molecule has 45 heavy (non-hydrogen) atoms. The maximum Gasteiger partial charge on any atom is 0.412 e. The lowest BCUT2D eigenvalue weighted by atomic mass is 9.76. The largest absolute Gasteiger partial charge is 0.466 e. The molecule has 0 saturated carbocycles. The molecule has 3 aromatic rings. The highest BCUT2D eigenvalue weighted by Crippen LogP contribution is 2.44. The maximum atomic E-state index is 13.8. The van der Waals surface area contributed by atoms with E-state index in [9.17, 15) is 19.2 Å². The van der Waals surface area contributed by atoms with E-state index in [-0.39, 0.29) is 17.8 Å². The molecule has 2 unspecified atom stereocenters. The van der Waals surface area contributed by atoms with Crippen LogP contribution in [0.5, 0.6) is 0 Å². The Hall–Kier alpha value is -4.05. The average Bonchev–Trinajstić information content (AvgIpc) is 3.35. The highest BCUT2D eigenvalue weighted by molar-refractivity contribution is 6.31. The molecule has 1 heterocycles. The van der Waals surface area contributed by atoms with Crippen molar-refractivity contribution in [2.75, 3.05) is 24.4 Å². The van der Waals surface area contributed by atoms with Crippen LogP contribution in [0.25, 0.3) is 10.9 Å². The van der Waals surface area contributed by atoms with Crippen molar-refractivity contribution in [3.63, 3.8) is 0 Å². The first-order chi connectivity index (χ1) is 21.3. The molecule has 0 bridgehead atoms. The Balaban J connectivity index is 1.58. The fraction of sp³-hybridized carbons (Fsp3) is 0.471. The zero-order valence-corrected chi connectivity index (χ0v) is 27.5. The Morgan fingerprint density at radius 2 is 1.84 bits per heavy atom. The number of anilines is 2. The van der Waals surface area contributed by atoms with Gasteiger partial charge >= 0.3 is 18.0 Å². The van der Waals surface area contributed by atoms with Gasteiger partial charge in [-0.05, 0) is 113 Å². The molecule has 1 aliphatic rings. The Kier molecular flexibility index (Phi) is 10.8. The number of unbranched alkanes of at least 4 members (excludes halogenated alkanes) is 1. The van der Waals surface area contributed by atoms with Crippen molar-refractivity contribution in [2.24, 2.45) is 5.92 Å². The van der Waals surface area contributed by atoms with Crippen LogP contribution < -0.4 is 10.6 Å². The van der Waals surface area contributed by atoms with E-state index in [4.69, 9.17) is 25.8 Å². The molecule has 1 aliphatic carbocycles. The minimum absolute atomic E-state index is 0.205. The number of halogens is 1. The molecule has 0 fully saturated rings. The van der Waals surface area contributed by atoms with E-state index in [0.29, 0.717) is 67.2 Å². The minimum atomic E-state index is -0.658. The Labute approximate surface area is 268 Å². The standard InChI is InChI=1S/C34H42ClN3O7/c1-7-44-27(39)11-9-8-10-20-17-23(36-33(42)45-34(3,4)5)13-15-25(20)38-31(40)19(2)24-14-12-21-16-22(35)18-26-28(21)29(24)30(37-26)32(41)43-6/h13,15-19,24,37H,7-12,14H2,1-6H3,(H,36,42)(H,38,40). The molecule has 11 heteroatoms. The third-order valence-electron chi connectivity index (χ3n) is 7.88. The molecule has 2 atom stereocenters. The number of nitrogens with one attached hydrogen (secondary N) is 3. The van der Waals surface area contributed by atoms with Crippen LogP contribution >= 0.6 is 11.6 Å². The first-order valence-electron chi connectivity index (χ1n) is 15.3. The fourth-order valence-corrected chi connectivity index (χ4v) is 6.10. The lowest BCUT2D eigenvalue weighted by Gasteiger charge is -2.28. The third-order valence-corrected chi connectivity index (χ3v) is 8.09. The summed E-state index contributed by atoms with van der Waals surface area (Å²) in [7, 11) is 1.33. The van der Waals surface area contributed by atoms with Crippen molar-refractivity contribution >= 4 is 57.8 Å². The van der Waals surface area contributed by atoms with E-state index < -0.39 is 23.6 Å². The van der Waals surface area contributed by atoms with E-state index in [1.165, 1.54) is 7.11 Å². The Morgan fingerprint density at radius 3 is 2.53 bits per heavy atom. The van der Waals surface area contributed by atoms with Crippen LogP contribution in [0.2, 0.25) is 5.02 Å². The first kappa shape index (κ1) is 33.8. The number of methoxy groups -OCH3 is 1. The SMILES string of the molecule is CCOC(=O)CCCCc1cc(NC(=O)OC(C)(C)C)ccc1NC(=O)C(C)C1CCc2cc(Cl)cc3[nH]c(C(=O)OC)c1c23. The van der Waals surface area contributed by atoms with Gasteiger partial charge in [0.15, 0.2) is 0 Å². The molecule has 0 radical (unpaired) electrons. The summed E-state index contributed by atoms with van der Waals surface area (Å²) in [5.41, 5.74) is 4.15. The summed E-state index contributed by atoms with van der Waals surface area (Å²) >= 11 is 6.34. The van der Waals surface area contributed by atoms with Gasteiger partial charge in [0.05, 0.1) is 13.7 Å². The fourth-order valence-electron chi connectivity index (χ4n) is 5.86. The summed E-state index contributed by atoms with van der Waals surface area (Å²) in [5.74, 6) is -1.69. The zero-order chi connectivity index (χ0) is 32.9. The van der Waals surface area contributed by atoms with Crippen LogP contribution in [0.1, 0.15) is 93.4 Å². The molecule has 4 rings (SSSR count). The van der Waals surface area contributed by atoms with Crippen molar-refractivity contribution < 1.29 is 33.4 Å². The summed E-state index contributed by atoms with van der Waals surface area (Å²) in [6.07, 6.45) is 2.90. The molecule has 3 N–H and O–H groups in total. The number of ether oxygens (including phenoxy) is 3. The van der Waals surface area contributed by atoms with Crippen molar-refractivity contribution in [3.8, 4) is 0 Å². The van der Waals surface area contributed by atoms with Gasteiger partial charge in [0, 0.05) is 39.6 Å². The molecular weight excluding hydrogens is 598 g/mol. The Bertz CT molecular complexity index is 1590. The number of hydrogen-bond acceptors (Lipinski definition) is 7. The lowest BCUT2D eigenvalue weighted by molar-refractivity contribution is -0.143.